The minimum absolute atomic E-state index is 0.112. The molecule has 4 atom stereocenters. The lowest BCUT2D eigenvalue weighted by Gasteiger charge is -2.47. The van der Waals surface area contributed by atoms with Crippen LogP contribution in [0.15, 0.2) is 0 Å². The molecule has 0 aromatic carbocycles. The molecule has 0 aromatic heterocycles. The van der Waals surface area contributed by atoms with Crippen molar-refractivity contribution in [3.63, 3.8) is 0 Å². The molecule has 0 radical (unpaired) electrons. The molecule has 0 unspecified atom stereocenters. The van der Waals surface area contributed by atoms with Crippen molar-refractivity contribution >= 4 is 11.8 Å². The molecule has 4 nitrogen and oxygen atoms in total. The Labute approximate surface area is 107 Å². The van der Waals surface area contributed by atoms with Crippen LogP contribution in [0, 0.1) is 10.8 Å². The van der Waals surface area contributed by atoms with Gasteiger partial charge in [0.05, 0.1) is 18.1 Å². The van der Waals surface area contributed by atoms with E-state index in [4.69, 9.17) is 9.47 Å². The lowest BCUT2D eigenvalue weighted by atomic mass is 9.53. The van der Waals surface area contributed by atoms with Gasteiger partial charge in [0.25, 0.3) is 0 Å². The van der Waals surface area contributed by atoms with E-state index >= 15 is 0 Å². The van der Waals surface area contributed by atoms with Crippen molar-refractivity contribution < 1.29 is 19.1 Å². The molecule has 1 saturated carbocycles. The van der Waals surface area contributed by atoms with Crippen molar-refractivity contribution in [2.75, 3.05) is 7.11 Å². The number of rotatable bonds is 1. The van der Waals surface area contributed by atoms with Crippen LogP contribution in [0.1, 0.15) is 46.0 Å². The summed E-state index contributed by atoms with van der Waals surface area (Å²) in [6.45, 7) is 3.83. The molecule has 18 heavy (non-hydrogen) atoms. The zero-order chi connectivity index (χ0) is 13.2. The summed E-state index contributed by atoms with van der Waals surface area (Å²) < 4.78 is 10.9. The van der Waals surface area contributed by atoms with E-state index in [0.29, 0.717) is 6.42 Å². The molecule has 4 heteroatoms. The zero-order valence-electron chi connectivity index (χ0n) is 11.2. The molecule has 1 spiro atoms. The van der Waals surface area contributed by atoms with Crippen LogP contribution in [0.3, 0.4) is 0 Å². The molecule has 0 aromatic rings. The van der Waals surface area contributed by atoms with Gasteiger partial charge in [0.2, 0.25) is 0 Å². The summed E-state index contributed by atoms with van der Waals surface area (Å²) in [5, 5.41) is 0. The minimum atomic E-state index is -0.789. The van der Waals surface area contributed by atoms with Crippen LogP contribution in [0.2, 0.25) is 0 Å². The molecule has 2 heterocycles. The Balaban J connectivity index is 2.04. The zero-order valence-corrected chi connectivity index (χ0v) is 11.2. The molecule has 0 amide bonds. The van der Waals surface area contributed by atoms with E-state index in [0.717, 1.165) is 25.7 Å². The predicted molar refractivity (Wildman–Crippen MR) is 63.9 cm³/mol. The molecular weight excluding hydrogens is 232 g/mol. The Kier molecular flexibility index (Phi) is 2.26. The smallest absolute Gasteiger partial charge is 0.314 e. The van der Waals surface area contributed by atoms with E-state index in [1.165, 1.54) is 7.11 Å². The van der Waals surface area contributed by atoms with Gasteiger partial charge < -0.3 is 9.47 Å². The van der Waals surface area contributed by atoms with Crippen molar-refractivity contribution in [3.8, 4) is 0 Å². The first-order valence-electron chi connectivity index (χ1n) is 6.70. The van der Waals surface area contributed by atoms with Gasteiger partial charge in [-0.05, 0) is 33.1 Å². The molecule has 2 bridgehead atoms. The number of fused-ring (bicyclic) bond motifs is 1. The standard InChI is InChI=1S/C14H20O4/c1-12(11(16)17-3)8-14-7-5-4-6-13(14,2)9(15)10(12)18-14/h10H,4-8H2,1-3H3/t10-,12+,13+,14-/m0/s1. The van der Waals surface area contributed by atoms with Crippen LogP contribution in [0.25, 0.3) is 0 Å². The van der Waals surface area contributed by atoms with Crippen LogP contribution in [-0.2, 0) is 19.1 Å². The van der Waals surface area contributed by atoms with Crippen LogP contribution in [0.4, 0.5) is 0 Å². The maximum absolute atomic E-state index is 12.6. The van der Waals surface area contributed by atoms with Gasteiger partial charge in [0, 0.05) is 0 Å². The number of ketones is 1. The van der Waals surface area contributed by atoms with E-state index in [2.05, 4.69) is 0 Å². The van der Waals surface area contributed by atoms with Gasteiger partial charge in [-0.3, -0.25) is 9.59 Å². The fourth-order valence-corrected chi connectivity index (χ4v) is 4.34. The molecule has 100 valence electrons. The molecule has 3 fully saturated rings. The van der Waals surface area contributed by atoms with E-state index in [1.807, 2.05) is 13.8 Å². The first kappa shape index (κ1) is 12.2. The highest BCUT2D eigenvalue weighted by molar-refractivity contribution is 5.99. The number of ether oxygens (including phenoxy) is 2. The van der Waals surface area contributed by atoms with Crippen molar-refractivity contribution in [1.29, 1.82) is 0 Å². The van der Waals surface area contributed by atoms with Gasteiger partial charge in [-0.2, -0.15) is 0 Å². The van der Waals surface area contributed by atoms with Crippen molar-refractivity contribution in [3.05, 3.63) is 0 Å². The van der Waals surface area contributed by atoms with E-state index in [-0.39, 0.29) is 17.2 Å². The Morgan fingerprint density at radius 2 is 2.00 bits per heavy atom. The van der Waals surface area contributed by atoms with Gasteiger partial charge in [0.1, 0.15) is 11.5 Å². The second-order valence-corrected chi connectivity index (χ2v) is 6.48. The number of carbonyl (C=O) groups is 2. The van der Waals surface area contributed by atoms with Crippen molar-refractivity contribution in [1.82, 2.24) is 0 Å². The summed E-state index contributed by atoms with van der Waals surface area (Å²) in [5.41, 5.74) is -1.60. The average molecular weight is 252 g/mol. The molecule has 3 rings (SSSR count). The Hall–Kier alpha value is -0.900. The van der Waals surface area contributed by atoms with Crippen molar-refractivity contribution in [2.45, 2.75) is 57.7 Å². The van der Waals surface area contributed by atoms with E-state index < -0.39 is 17.1 Å². The normalized spacial score (nSPS) is 50.2. The summed E-state index contributed by atoms with van der Waals surface area (Å²) in [5.74, 6) is -0.202. The van der Waals surface area contributed by atoms with Crippen molar-refractivity contribution in [2.24, 2.45) is 10.8 Å². The van der Waals surface area contributed by atoms with Gasteiger partial charge in [-0.1, -0.05) is 12.8 Å². The van der Waals surface area contributed by atoms with Crippen LogP contribution >= 0.6 is 0 Å². The lowest BCUT2D eigenvalue weighted by molar-refractivity contribution is -0.159. The highest BCUT2D eigenvalue weighted by Crippen LogP contribution is 2.65. The van der Waals surface area contributed by atoms with Crippen LogP contribution in [0.5, 0.6) is 0 Å². The molecule has 2 aliphatic heterocycles. The molecular formula is C14H20O4. The van der Waals surface area contributed by atoms with E-state index in [1.54, 1.807) is 0 Å². The summed E-state index contributed by atoms with van der Waals surface area (Å²) in [4.78, 5) is 24.6. The maximum atomic E-state index is 12.6. The number of Topliss-reactive ketones (excluding diaryl/α,β-unsaturated/α-hetero) is 1. The maximum Gasteiger partial charge on any atom is 0.314 e. The minimum Gasteiger partial charge on any atom is -0.469 e. The summed E-state index contributed by atoms with van der Waals surface area (Å²) in [6, 6.07) is 0. The van der Waals surface area contributed by atoms with Gasteiger partial charge in [0.15, 0.2) is 5.78 Å². The topological polar surface area (TPSA) is 52.6 Å². The fraction of sp³-hybridized carbons (Fsp3) is 0.857. The number of hydrogen-bond acceptors (Lipinski definition) is 4. The fourth-order valence-electron chi connectivity index (χ4n) is 4.34. The van der Waals surface area contributed by atoms with Crippen LogP contribution < -0.4 is 0 Å². The molecule has 2 saturated heterocycles. The quantitative estimate of drug-likeness (QED) is 0.668. The SMILES string of the molecule is COC(=O)[C@]1(C)C[C@@]23CCCC[C@]2(C)C(=O)[C@@H]1O3. The van der Waals surface area contributed by atoms with Gasteiger partial charge in [-0.25, -0.2) is 0 Å². The molecule has 3 aliphatic rings. The number of methoxy groups -OCH3 is 1. The summed E-state index contributed by atoms with van der Waals surface area (Å²) >= 11 is 0. The third-order valence-corrected chi connectivity index (χ3v) is 5.52. The second kappa shape index (κ2) is 3.35. The number of esters is 1. The number of hydrogen-bond donors (Lipinski definition) is 0. The second-order valence-electron chi connectivity index (χ2n) is 6.48. The lowest BCUT2D eigenvalue weighted by Crippen LogP contribution is -2.56. The molecule has 1 aliphatic carbocycles. The number of carbonyl (C=O) groups excluding carboxylic acids is 2. The summed E-state index contributed by atoms with van der Waals surface area (Å²) in [6.07, 6.45) is 3.95. The van der Waals surface area contributed by atoms with Gasteiger partial charge >= 0.3 is 5.97 Å². The average Bonchev–Trinajstić information content (AvgIpc) is 2.77. The monoisotopic (exact) mass is 252 g/mol. The molecule has 0 N–H and O–H groups in total. The Bertz CT molecular complexity index is 432. The van der Waals surface area contributed by atoms with E-state index in [9.17, 15) is 9.59 Å². The Morgan fingerprint density at radius 3 is 2.67 bits per heavy atom. The van der Waals surface area contributed by atoms with Crippen LogP contribution in [-0.4, -0.2) is 30.6 Å². The van der Waals surface area contributed by atoms with Gasteiger partial charge in [-0.15, -0.1) is 0 Å². The first-order valence-corrected chi connectivity index (χ1v) is 6.70. The highest BCUT2D eigenvalue weighted by atomic mass is 16.6. The first-order chi connectivity index (χ1) is 8.40. The third kappa shape index (κ3) is 1.11. The Morgan fingerprint density at radius 1 is 1.33 bits per heavy atom. The largest absolute Gasteiger partial charge is 0.469 e. The predicted octanol–water partition coefficient (Wildman–Crippen LogP) is 1.86. The third-order valence-electron chi connectivity index (χ3n) is 5.52. The summed E-state index contributed by atoms with van der Waals surface area (Å²) in [7, 11) is 1.38. The highest BCUT2D eigenvalue weighted by Gasteiger charge is 2.75.